The standard InChI is InChI=1S/C16H20N2O4S/c1-11(17)13-3-2-8-18(10-13)23(20,21)14-5-6-15-12(9-14)4-7-16(19)22-15/h4-7,9,11,13H,2-3,8,10,17H2,1H3. The molecule has 1 saturated heterocycles. The van der Waals surface area contributed by atoms with Crippen molar-refractivity contribution in [1.82, 2.24) is 4.31 Å². The summed E-state index contributed by atoms with van der Waals surface area (Å²) in [7, 11) is -3.57. The lowest BCUT2D eigenvalue weighted by Crippen LogP contribution is -2.44. The van der Waals surface area contributed by atoms with Crippen molar-refractivity contribution in [3.8, 4) is 0 Å². The van der Waals surface area contributed by atoms with Gasteiger partial charge >= 0.3 is 5.63 Å². The van der Waals surface area contributed by atoms with Gasteiger partial charge in [-0.2, -0.15) is 4.31 Å². The van der Waals surface area contributed by atoms with Gasteiger partial charge in [-0.05, 0) is 49.9 Å². The van der Waals surface area contributed by atoms with E-state index in [1.54, 1.807) is 12.1 Å². The number of rotatable bonds is 3. The van der Waals surface area contributed by atoms with Crippen LogP contribution in [0.4, 0.5) is 0 Å². The van der Waals surface area contributed by atoms with E-state index in [1.807, 2.05) is 6.92 Å². The maximum absolute atomic E-state index is 12.9. The van der Waals surface area contributed by atoms with Crippen LogP contribution in [0.15, 0.2) is 44.4 Å². The zero-order valence-electron chi connectivity index (χ0n) is 12.9. The van der Waals surface area contributed by atoms with Crippen molar-refractivity contribution in [2.75, 3.05) is 13.1 Å². The zero-order valence-corrected chi connectivity index (χ0v) is 13.8. The molecule has 2 N–H and O–H groups in total. The predicted octanol–water partition coefficient (Wildman–Crippen LogP) is 1.54. The lowest BCUT2D eigenvalue weighted by molar-refractivity contribution is 0.243. The summed E-state index contributed by atoms with van der Waals surface area (Å²) >= 11 is 0. The first kappa shape index (κ1) is 16.2. The van der Waals surface area contributed by atoms with E-state index in [2.05, 4.69) is 0 Å². The normalized spacial score (nSPS) is 21.4. The Morgan fingerprint density at radius 3 is 2.83 bits per heavy atom. The molecule has 3 rings (SSSR count). The molecule has 0 bridgehead atoms. The van der Waals surface area contributed by atoms with Gasteiger partial charge in [0.25, 0.3) is 0 Å². The number of nitrogens with two attached hydrogens (primary N) is 1. The Bertz CT molecular complexity index is 873. The molecule has 1 aliphatic heterocycles. The Kier molecular flexibility index (Phi) is 4.27. The van der Waals surface area contributed by atoms with Gasteiger partial charge in [0.2, 0.25) is 10.0 Å². The number of benzene rings is 1. The molecule has 0 radical (unpaired) electrons. The molecule has 2 heterocycles. The SMILES string of the molecule is CC(N)C1CCCN(S(=O)(=O)c2ccc3oc(=O)ccc3c2)C1. The molecular formula is C16H20N2O4S. The molecule has 1 aromatic heterocycles. The molecule has 7 heteroatoms. The number of fused-ring (bicyclic) bond motifs is 1. The van der Waals surface area contributed by atoms with E-state index in [-0.39, 0.29) is 16.9 Å². The summed E-state index contributed by atoms with van der Waals surface area (Å²) in [6, 6.07) is 7.38. The fourth-order valence-electron chi connectivity index (χ4n) is 2.98. The molecule has 0 amide bonds. The molecule has 2 atom stereocenters. The first-order valence-electron chi connectivity index (χ1n) is 7.67. The van der Waals surface area contributed by atoms with Crippen molar-refractivity contribution >= 4 is 21.0 Å². The molecule has 0 spiro atoms. The van der Waals surface area contributed by atoms with Gasteiger partial charge in [0.15, 0.2) is 0 Å². The van der Waals surface area contributed by atoms with E-state index in [9.17, 15) is 13.2 Å². The summed E-state index contributed by atoms with van der Waals surface area (Å²) in [6.07, 6.45) is 1.76. The number of hydrogen-bond donors (Lipinski definition) is 1. The minimum absolute atomic E-state index is 0.0288. The van der Waals surface area contributed by atoms with Crippen LogP contribution in [0.5, 0.6) is 0 Å². The van der Waals surface area contributed by atoms with E-state index in [0.717, 1.165) is 12.8 Å². The summed E-state index contributed by atoms with van der Waals surface area (Å²) in [6.45, 7) is 2.87. The maximum Gasteiger partial charge on any atom is 0.336 e. The molecule has 23 heavy (non-hydrogen) atoms. The molecule has 6 nitrogen and oxygen atoms in total. The lowest BCUT2D eigenvalue weighted by Gasteiger charge is -2.33. The van der Waals surface area contributed by atoms with Gasteiger partial charge < -0.3 is 10.2 Å². The number of hydrogen-bond acceptors (Lipinski definition) is 5. The zero-order chi connectivity index (χ0) is 16.6. The number of piperidine rings is 1. The minimum Gasteiger partial charge on any atom is -0.423 e. The van der Waals surface area contributed by atoms with E-state index in [0.29, 0.717) is 24.1 Å². The molecule has 0 aliphatic carbocycles. The van der Waals surface area contributed by atoms with Crippen LogP contribution >= 0.6 is 0 Å². The van der Waals surface area contributed by atoms with Crippen molar-refractivity contribution < 1.29 is 12.8 Å². The summed E-state index contributed by atoms with van der Waals surface area (Å²) in [5.41, 5.74) is 5.86. The van der Waals surface area contributed by atoms with Crippen LogP contribution in [0.25, 0.3) is 11.0 Å². The molecule has 124 valence electrons. The van der Waals surface area contributed by atoms with E-state index < -0.39 is 15.6 Å². The maximum atomic E-state index is 12.9. The van der Waals surface area contributed by atoms with Crippen LogP contribution in [0.2, 0.25) is 0 Å². The molecule has 2 unspecified atom stereocenters. The van der Waals surface area contributed by atoms with Gasteiger partial charge in [-0.25, -0.2) is 13.2 Å². The molecule has 0 saturated carbocycles. The van der Waals surface area contributed by atoms with Crippen molar-refractivity contribution in [1.29, 1.82) is 0 Å². The summed E-state index contributed by atoms with van der Waals surface area (Å²) in [5, 5.41) is 0.589. The van der Waals surface area contributed by atoms with Crippen LogP contribution in [0, 0.1) is 5.92 Å². The summed E-state index contributed by atoms with van der Waals surface area (Å²) in [4.78, 5) is 11.4. The van der Waals surface area contributed by atoms with Crippen molar-refractivity contribution in [3.05, 3.63) is 40.8 Å². The molecule has 1 aliphatic rings. The first-order valence-corrected chi connectivity index (χ1v) is 9.11. The van der Waals surface area contributed by atoms with Crippen LogP contribution in [0.1, 0.15) is 19.8 Å². The highest BCUT2D eigenvalue weighted by molar-refractivity contribution is 7.89. The van der Waals surface area contributed by atoms with Crippen molar-refractivity contribution in [3.63, 3.8) is 0 Å². The van der Waals surface area contributed by atoms with E-state index in [4.69, 9.17) is 10.2 Å². The van der Waals surface area contributed by atoms with Gasteiger partial charge in [-0.15, -0.1) is 0 Å². The van der Waals surface area contributed by atoms with Crippen LogP contribution < -0.4 is 11.4 Å². The number of sulfonamides is 1. The third-order valence-electron chi connectivity index (χ3n) is 4.39. The van der Waals surface area contributed by atoms with E-state index in [1.165, 1.54) is 22.5 Å². The minimum atomic E-state index is -3.57. The summed E-state index contributed by atoms with van der Waals surface area (Å²) < 4.78 is 32.3. The highest BCUT2D eigenvalue weighted by Crippen LogP contribution is 2.26. The topological polar surface area (TPSA) is 93.6 Å². The Balaban J connectivity index is 1.96. The van der Waals surface area contributed by atoms with Crippen LogP contribution in [-0.4, -0.2) is 31.9 Å². The average molecular weight is 336 g/mol. The monoisotopic (exact) mass is 336 g/mol. The van der Waals surface area contributed by atoms with Gasteiger partial charge in [-0.3, -0.25) is 0 Å². The van der Waals surface area contributed by atoms with Gasteiger partial charge in [0.05, 0.1) is 4.90 Å². The lowest BCUT2D eigenvalue weighted by atomic mass is 9.93. The second kappa shape index (κ2) is 6.07. The molecular weight excluding hydrogens is 316 g/mol. The fourth-order valence-corrected chi connectivity index (χ4v) is 4.55. The highest BCUT2D eigenvalue weighted by atomic mass is 32.2. The Labute approximate surface area is 134 Å². The summed E-state index contributed by atoms with van der Waals surface area (Å²) in [5.74, 6) is 0.178. The van der Waals surface area contributed by atoms with Crippen molar-refractivity contribution in [2.45, 2.75) is 30.7 Å². The predicted molar refractivity (Wildman–Crippen MR) is 87.6 cm³/mol. The molecule has 2 aromatic rings. The fraction of sp³-hybridized carbons (Fsp3) is 0.438. The van der Waals surface area contributed by atoms with Crippen molar-refractivity contribution in [2.24, 2.45) is 11.7 Å². The smallest absolute Gasteiger partial charge is 0.336 e. The third-order valence-corrected chi connectivity index (χ3v) is 6.25. The Morgan fingerprint density at radius 2 is 2.09 bits per heavy atom. The van der Waals surface area contributed by atoms with Crippen LogP contribution in [0.3, 0.4) is 0 Å². The van der Waals surface area contributed by atoms with Crippen LogP contribution in [-0.2, 0) is 10.0 Å². The highest BCUT2D eigenvalue weighted by Gasteiger charge is 2.31. The largest absolute Gasteiger partial charge is 0.423 e. The quantitative estimate of drug-likeness (QED) is 0.858. The second-order valence-electron chi connectivity index (χ2n) is 6.08. The molecule has 1 fully saturated rings. The van der Waals surface area contributed by atoms with E-state index >= 15 is 0 Å². The molecule has 1 aromatic carbocycles. The third kappa shape index (κ3) is 3.17. The van der Waals surface area contributed by atoms with Gasteiger partial charge in [0, 0.05) is 30.6 Å². The Hall–Kier alpha value is -1.70. The number of nitrogens with zero attached hydrogens (tertiary/aromatic N) is 1. The van der Waals surface area contributed by atoms with Gasteiger partial charge in [-0.1, -0.05) is 0 Å². The van der Waals surface area contributed by atoms with Gasteiger partial charge in [0.1, 0.15) is 5.58 Å². The second-order valence-corrected chi connectivity index (χ2v) is 8.02. The Morgan fingerprint density at radius 1 is 1.30 bits per heavy atom. The average Bonchev–Trinajstić information content (AvgIpc) is 2.54. The first-order chi connectivity index (χ1) is 10.9.